The molecule has 0 aliphatic heterocycles. The van der Waals surface area contributed by atoms with Gasteiger partial charge in [0, 0.05) is 22.9 Å². The minimum atomic E-state index is -4.91. The summed E-state index contributed by atoms with van der Waals surface area (Å²) in [6.07, 6.45) is -0.696. The number of halogens is 6. The number of carbonyl (C=O) groups excluding carboxylic acids is 1. The van der Waals surface area contributed by atoms with Crippen LogP contribution in [0.4, 0.5) is 26.3 Å². The summed E-state index contributed by atoms with van der Waals surface area (Å²) in [5, 5.41) is -0.165. The van der Waals surface area contributed by atoms with E-state index in [9.17, 15) is 31.1 Å². The summed E-state index contributed by atoms with van der Waals surface area (Å²) in [6, 6.07) is 15.5. The summed E-state index contributed by atoms with van der Waals surface area (Å²) in [5.74, 6) is -1.60. The summed E-state index contributed by atoms with van der Waals surface area (Å²) >= 11 is 0. The minimum Gasteiger partial charge on any atom is -0.423 e. The van der Waals surface area contributed by atoms with Crippen molar-refractivity contribution in [2.45, 2.75) is 38.8 Å². The van der Waals surface area contributed by atoms with Gasteiger partial charge in [0.25, 0.3) is 0 Å². The number of esters is 1. The molecule has 0 bridgehead atoms. The Hall–Kier alpha value is -4.25. The molecule has 0 N–H and O–H groups in total. The van der Waals surface area contributed by atoms with Gasteiger partial charge >= 0.3 is 12.1 Å². The van der Waals surface area contributed by atoms with E-state index in [4.69, 9.17) is 4.74 Å². The van der Waals surface area contributed by atoms with Gasteiger partial charge in [0.2, 0.25) is 0 Å². The quantitative estimate of drug-likeness (QED) is 0.0770. The lowest BCUT2D eigenvalue weighted by atomic mass is 9.98. The zero-order valence-corrected chi connectivity index (χ0v) is 20.8. The van der Waals surface area contributed by atoms with Gasteiger partial charge in [0.05, 0.1) is 11.1 Å². The van der Waals surface area contributed by atoms with E-state index >= 15 is 0 Å². The number of hydrogen-bond acceptors (Lipinski definition) is 2. The van der Waals surface area contributed by atoms with Crippen molar-refractivity contribution in [1.29, 1.82) is 0 Å². The molecule has 0 aliphatic rings. The Morgan fingerprint density at radius 2 is 1.62 bits per heavy atom. The van der Waals surface area contributed by atoms with Crippen LogP contribution in [0.15, 0.2) is 66.7 Å². The number of hydrogen-bond donors (Lipinski definition) is 0. The average Bonchev–Trinajstić information content (AvgIpc) is 2.88. The van der Waals surface area contributed by atoms with Gasteiger partial charge in [-0.3, -0.25) is 0 Å². The van der Waals surface area contributed by atoms with Crippen molar-refractivity contribution in [3.05, 3.63) is 101 Å². The van der Waals surface area contributed by atoms with Gasteiger partial charge in [-0.1, -0.05) is 50.0 Å². The van der Waals surface area contributed by atoms with Gasteiger partial charge in [-0.25, -0.2) is 18.0 Å². The molecule has 4 aromatic rings. The van der Waals surface area contributed by atoms with Crippen molar-refractivity contribution in [3.8, 4) is 28.7 Å². The topological polar surface area (TPSA) is 26.3 Å². The van der Waals surface area contributed by atoms with E-state index in [1.165, 1.54) is 36.3 Å². The van der Waals surface area contributed by atoms with E-state index < -0.39 is 35.2 Å². The van der Waals surface area contributed by atoms with Gasteiger partial charge in [-0.15, -0.1) is 0 Å². The molecule has 8 heteroatoms. The number of unbranched alkanes of at least 4 members (excludes halogenated alkanes) is 2. The Kier molecular flexibility index (Phi) is 8.29. The Labute approximate surface area is 221 Å². The Bertz CT molecular complexity index is 1580. The number of benzene rings is 4. The molecule has 0 spiro atoms. The Morgan fingerprint density at radius 3 is 2.28 bits per heavy atom. The molecule has 2 nitrogen and oxygen atoms in total. The summed E-state index contributed by atoms with van der Waals surface area (Å²) in [5.41, 5.74) is 0.739. The van der Waals surface area contributed by atoms with E-state index in [1.54, 1.807) is 12.1 Å². The molecule has 4 rings (SSSR count). The Balaban J connectivity index is 1.53. The second-order valence-electron chi connectivity index (χ2n) is 8.92. The van der Waals surface area contributed by atoms with E-state index in [1.807, 2.05) is 12.1 Å². The molecular formula is C31H22F6O2. The zero-order valence-electron chi connectivity index (χ0n) is 20.8. The third kappa shape index (κ3) is 6.80. The molecule has 0 aliphatic carbocycles. The lowest BCUT2D eigenvalue weighted by Crippen LogP contribution is -2.08. The summed E-state index contributed by atoms with van der Waals surface area (Å²) in [6.45, 7) is 2.12. The van der Waals surface area contributed by atoms with Crippen molar-refractivity contribution >= 4 is 16.7 Å². The first-order valence-electron chi connectivity index (χ1n) is 12.2. The van der Waals surface area contributed by atoms with Crippen LogP contribution in [0.5, 0.6) is 5.75 Å². The number of fused-ring (bicyclic) bond motifs is 1. The third-order valence-electron chi connectivity index (χ3n) is 6.08. The second kappa shape index (κ2) is 11.6. The van der Waals surface area contributed by atoms with Gasteiger partial charge < -0.3 is 4.74 Å². The highest BCUT2D eigenvalue weighted by atomic mass is 19.4. The fourth-order valence-electron chi connectivity index (χ4n) is 4.09. The Morgan fingerprint density at radius 1 is 0.872 bits per heavy atom. The molecular weight excluding hydrogens is 518 g/mol. The van der Waals surface area contributed by atoms with Crippen LogP contribution in [0.1, 0.15) is 47.7 Å². The number of alkyl halides is 3. The molecule has 4 aromatic carbocycles. The zero-order chi connectivity index (χ0) is 28.2. The van der Waals surface area contributed by atoms with E-state index in [0.717, 1.165) is 49.3 Å². The fourth-order valence-corrected chi connectivity index (χ4v) is 4.09. The molecule has 0 atom stereocenters. The maximum atomic E-state index is 15.0. The van der Waals surface area contributed by atoms with Crippen molar-refractivity contribution in [3.63, 3.8) is 0 Å². The van der Waals surface area contributed by atoms with Crippen LogP contribution in [-0.4, -0.2) is 12.1 Å². The molecule has 0 saturated heterocycles. The predicted octanol–water partition coefficient (Wildman–Crippen LogP) is 8.79. The lowest BCUT2D eigenvalue weighted by Gasteiger charge is -2.10. The van der Waals surface area contributed by atoms with Gasteiger partial charge in [-0.05, 0) is 65.8 Å². The summed E-state index contributed by atoms with van der Waals surface area (Å²) in [4.78, 5) is 12.5. The highest BCUT2D eigenvalue weighted by Crippen LogP contribution is 2.32. The number of ether oxygens (including phenoxy) is 1. The summed E-state index contributed by atoms with van der Waals surface area (Å²) < 4.78 is 86.4. The highest BCUT2D eigenvalue weighted by molar-refractivity contribution is 5.91. The SMILES string of the molecule is CCCCCc1ccc(C(=O)Oc2ccc(-c3ccc4c(F)c(C#CC(F)(F)F)c(F)cc4c3)c(F)c2)cc1. The standard InChI is InChI=1S/C31H22F6O2/c1-2-3-4-5-19-6-8-20(9-7-19)30(38)39-23-11-13-24(28(33)18-23)21-10-12-25-22(16-21)17-27(32)26(29(25)34)14-15-31(35,36)37/h6-13,16-18H,2-5H2,1H3. The third-order valence-corrected chi connectivity index (χ3v) is 6.08. The number of aryl methyl sites for hydroxylation is 1. The van der Waals surface area contributed by atoms with Gasteiger partial charge in [-0.2, -0.15) is 13.2 Å². The van der Waals surface area contributed by atoms with Crippen LogP contribution >= 0.6 is 0 Å². The lowest BCUT2D eigenvalue weighted by molar-refractivity contribution is -0.0696. The second-order valence-corrected chi connectivity index (χ2v) is 8.92. The van der Waals surface area contributed by atoms with Crippen LogP contribution in [-0.2, 0) is 6.42 Å². The highest BCUT2D eigenvalue weighted by Gasteiger charge is 2.24. The van der Waals surface area contributed by atoms with Gasteiger partial charge in [0.15, 0.2) is 0 Å². The maximum Gasteiger partial charge on any atom is 0.458 e. The molecule has 0 fully saturated rings. The molecule has 200 valence electrons. The molecule has 0 radical (unpaired) electrons. The fraction of sp³-hybridized carbons (Fsp3) is 0.194. The van der Waals surface area contributed by atoms with E-state index in [0.29, 0.717) is 5.56 Å². The predicted molar refractivity (Wildman–Crippen MR) is 137 cm³/mol. The van der Waals surface area contributed by atoms with E-state index in [-0.39, 0.29) is 27.6 Å². The molecule has 0 unspecified atom stereocenters. The largest absolute Gasteiger partial charge is 0.458 e. The van der Waals surface area contributed by atoms with Crippen molar-refractivity contribution in [1.82, 2.24) is 0 Å². The first kappa shape index (κ1) is 27.8. The minimum absolute atomic E-state index is 0.00750. The molecule has 0 amide bonds. The molecule has 0 heterocycles. The first-order chi connectivity index (χ1) is 18.6. The number of carbonyl (C=O) groups is 1. The first-order valence-corrected chi connectivity index (χ1v) is 12.2. The molecule has 39 heavy (non-hydrogen) atoms. The molecule has 0 saturated carbocycles. The van der Waals surface area contributed by atoms with Crippen LogP contribution < -0.4 is 4.74 Å². The van der Waals surface area contributed by atoms with Crippen LogP contribution in [0.3, 0.4) is 0 Å². The normalized spacial score (nSPS) is 11.3. The number of rotatable bonds is 7. The smallest absolute Gasteiger partial charge is 0.423 e. The maximum absolute atomic E-state index is 15.0. The molecule has 0 aromatic heterocycles. The van der Waals surface area contributed by atoms with Crippen LogP contribution in [0, 0.1) is 29.3 Å². The van der Waals surface area contributed by atoms with Gasteiger partial charge in [0.1, 0.15) is 23.2 Å². The van der Waals surface area contributed by atoms with Crippen molar-refractivity contribution in [2.24, 2.45) is 0 Å². The van der Waals surface area contributed by atoms with Crippen LogP contribution in [0.2, 0.25) is 0 Å². The monoisotopic (exact) mass is 540 g/mol. The van der Waals surface area contributed by atoms with E-state index in [2.05, 4.69) is 6.92 Å². The van der Waals surface area contributed by atoms with Crippen molar-refractivity contribution < 1.29 is 35.9 Å². The summed E-state index contributed by atoms with van der Waals surface area (Å²) in [7, 11) is 0. The van der Waals surface area contributed by atoms with Crippen LogP contribution in [0.25, 0.3) is 21.9 Å². The average molecular weight is 541 g/mol. The van der Waals surface area contributed by atoms with Crippen molar-refractivity contribution in [2.75, 3.05) is 0 Å².